The number of anilines is 2. The molecule has 0 bridgehead atoms. The summed E-state index contributed by atoms with van der Waals surface area (Å²) in [5.74, 6) is 0.998. The Morgan fingerprint density at radius 2 is 1.93 bits per heavy atom. The van der Waals surface area contributed by atoms with Gasteiger partial charge in [-0.05, 0) is 36.4 Å². The number of nitrogens with one attached hydrogen (secondary N) is 1. The van der Waals surface area contributed by atoms with Gasteiger partial charge < -0.3 is 15.5 Å². The summed E-state index contributed by atoms with van der Waals surface area (Å²) >= 11 is 0. The molecule has 0 atom stereocenters. The van der Waals surface area contributed by atoms with Crippen LogP contribution in [0.3, 0.4) is 0 Å². The third-order valence-electron chi connectivity index (χ3n) is 2.19. The second kappa shape index (κ2) is 4.55. The van der Waals surface area contributed by atoms with Gasteiger partial charge in [0, 0.05) is 24.3 Å². The summed E-state index contributed by atoms with van der Waals surface area (Å²) in [6.07, 6.45) is 2.58. The van der Waals surface area contributed by atoms with Crippen molar-refractivity contribution in [1.29, 1.82) is 0 Å². The van der Waals surface area contributed by atoms with Gasteiger partial charge in [-0.25, -0.2) is 0 Å². The Hall–Kier alpha value is -1.90. The number of nitrogen functional groups attached to an aromatic ring is 1. The van der Waals surface area contributed by atoms with E-state index in [1.54, 1.807) is 6.26 Å². The quantitative estimate of drug-likeness (QED) is 0.749. The molecule has 1 aromatic heterocycles. The predicted octanol–water partition coefficient (Wildman–Crippen LogP) is 2.52. The summed E-state index contributed by atoms with van der Waals surface area (Å²) in [7, 11) is 0. The van der Waals surface area contributed by atoms with Gasteiger partial charge in [0.05, 0.1) is 6.26 Å². The summed E-state index contributed by atoms with van der Waals surface area (Å²) in [5.41, 5.74) is 7.45. The van der Waals surface area contributed by atoms with Crippen molar-refractivity contribution in [3.63, 3.8) is 0 Å². The van der Waals surface area contributed by atoms with Crippen LogP contribution in [0.4, 0.5) is 11.4 Å². The zero-order valence-corrected chi connectivity index (χ0v) is 8.44. The van der Waals surface area contributed by atoms with E-state index >= 15 is 0 Å². The zero-order chi connectivity index (χ0) is 10.5. The lowest BCUT2D eigenvalue weighted by atomic mass is 10.2. The number of furan rings is 1. The van der Waals surface area contributed by atoms with E-state index in [9.17, 15) is 0 Å². The fourth-order valence-electron chi connectivity index (χ4n) is 1.39. The molecule has 0 radical (unpaired) electrons. The topological polar surface area (TPSA) is 51.2 Å². The number of nitrogens with two attached hydrogens (primary N) is 1. The molecule has 0 aliphatic rings. The molecule has 3 N–H and O–H groups in total. The van der Waals surface area contributed by atoms with Crippen LogP contribution in [0.5, 0.6) is 0 Å². The van der Waals surface area contributed by atoms with Crippen LogP contribution in [0.25, 0.3) is 0 Å². The third kappa shape index (κ3) is 2.77. The van der Waals surface area contributed by atoms with Gasteiger partial charge in [-0.15, -0.1) is 0 Å². The Labute approximate surface area is 88.9 Å². The molecule has 2 aromatic rings. The number of hydrogen-bond donors (Lipinski definition) is 2. The Morgan fingerprint density at radius 3 is 2.60 bits per heavy atom. The molecular weight excluding hydrogens is 188 g/mol. The third-order valence-corrected chi connectivity index (χ3v) is 2.19. The van der Waals surface area contributed by atoms with Crippen molar-refractivity contribution < 1.29 is 4.42 Å². The second-order valence-corrected chi connectivity index (χ2v) is 3.38. The maximum absolute atomic E-state index is 5.59. The molecule has 1 heterocycles. The van der Waals surface area contributed by atoms with Crippen LogP contribution in [0.2, 0.25) is 0 Å². The van der Waals surface area contributed by atoms with Crippen molar-refractivity contribution in [3.05, 3.63) is 48.4 Å². The molecular formula is C12H14N2O. The van der Waals surface area contributed by atoms with Gasteiger partial charge in [0.25, 0.3) is 0 Å². The molecule has 3 heteroatoms. The van der Waals surface area contributed by atoms with Gasteiger partial charge in [0.1, 0.15) is 5.76 Å². The molecule has 0 saturated heterocycles. The minimum atomic E-state index is 0.784. The molecule has 0 spiro atoms. The first kappa shape index (κ1) is 9.65. The number of hydrogen-bond acceptors (Lipinski definition) is 3. The molecule has 0 amide bonds. The van der Waals surface area contributed by atoms with E-state index in [2.05, 4.69) is 5.32 Å². The number of benzene rings is 1. The van der Waals surface area contributed by atoms with Gasteiger partial charge in [-0.3, -0.25) is 0 Å². The highest BCUT2D eigenvalue weighted by Crippen LogP contribution is 2.10. The fraction of sp³-hybridized carbons (Fsp3) is 0.167. The Bertz CT molecular complexity index is 392. The van der Waals surface area contributed by atoms with Crippen molar-refractivity contribution >= 4 is 11.4 Å². The molecule has 0 aliphatic heterocycles. The molecule has 0 saturated carbocycles. The summed E-state index contributed by atoms with van der Waals surface area (Å²) < 4.78 is 5.23. The second-order valence-electron chi connectivity index (χ2n) is 3.38. The van der Waals surface area contributed by atoms with E-state index < -0.39 is 0 Å². The maximum atomic E-state index is 5.59. The highest BCUT2D eigenvalue weighted by Gasteiger charge is 1.95. The van der Waals surface area contributed by atoms with Crippen LogP contribution in [-0.4, -0.2) is 6.54 Å². The van der Waals surface area contributed by atoms with E-state index in [-0.39, 0.29) is 0 Å². The smallest absolute Gasteiger partial charge is 0.105 e. The predicted molar refractivity (Wildman–Crippen MR) is 61.8 cm³/mol. The molecule has 0 unspecified atom stereocenters. The lowest BCUT2D eigenvalue weighted by Gasteiger charge is -2.04. The van der Waals surface area contributed by atoms with Crippen LogP contribution < -0.4 is 11.1 Å². The molecule has 15 heavy (non-hydrogen) atoms. The summed E-state index contributed by atoms with van der Waals surface area (Å²) in [5, 5.41) is 3.29. The normalized spacial score (nSPS) is 10.1. The average molecular weight is 202 g/mol. The van der Waals surface area contributed by atoms with Gasteiger partial charge in [-0.1, -0.05) is 0 Å². The van der Waals surface area contributed by atoms with Crippen molar-refractivity contribution in [2.45, 2.75) is 6.42 Å². The molecule has 1 aromatic carbocycles. The van der Waals surface area contributed by atoms with Crippen LogP contribution in [-0.2, 0) is 6.42 Å². The highest BCUT2D eigenvalue weighted by atomic mass is 16.3. The zero-order valence-electron chi connectivity index (χ0n) is 8.44. The van der Waals surface area contributed by atoms with Gasteiger partial charge >= 0.3 is 0 Å². The van der Waals surface area contributed by atoms with Gasteiger partial charge in [-0.2, -0.15) is 0 Å². The molecule has 0 aliphatic carbocycles. The lowest BCUT2D eigenvalue weighted by Crippen LogP contribution is -2.04. The van der Waals surface area contributed by atoms with Crippen molar-refractivity contribution in [1.82, 2.24) is 0 Å². The first-order valence-electron chi connectivity index (χ1n) is 4.96. The summed E-state index contributed by atoms with van der Waals surface area (Å²) in [4.78, 5) is 0. The van der Waals surface area contributed by atoms with Crippen molar-refractivity contribution in [2.24, 2.45) is 0 Å². The van der Waals surface area contributed by atoms with E-state index in [4.69, 9.17) is 10.2 Å². The fourth-order valence-corrected chi connectivity index (χ4v) is 1.39. The summed E-state index contributed by atoms with van der Waals surface area (Å²) in [6.45, 7) is 0.859. The molecule has 78 valence electrons. The number of rotatable bonds is 4. The molecule has 0 fully saturated rings. The monoisotopic (exact) mass is 202 g/mol. The Morgan fingerprint density at radius 1 is 1.13 bits per heavy atom. The van der Waals surface area contributed by atoms with E-state index in [1.165, 1.54) is 0 Å². The Balaban J connectivity index is 1.81. The maximum Gasteiger partial charge on any atom is 0.105 e. The van der Waals surface area contributed by atoms with Crippen molar-refractivity contribution in [2.75, 3.05) is 17.6 Å². The first-order chi connectivity index (χ1) is 7.34. The largest absolute Gasteiger partial charge is 0.469 e. The minimum absolute atomic E-state index is 0.784. The van der Waals surface area contributed by atoms with Crippen LogP contribution >= 0.6 is 0 Å². The van der Waals surface area contributed by atoms with Crippen LogP contribution in [0.15, 0.2) is 47.1 Å². The van der Waals surface area contributed by atoms with E-state index in [0.717, 1.165) is 30.1 Å². The van der Waals surface area contributed by atoms with Crippen LogP contribution in [0, 0.1) is 0 Å². The van der Waals surface area contributed by atoms with Gasteiger partial charge in [0.15, 0.2) is 0 Å². The lowest BCUT2D eigenvalue weighted by molar-refractivity contribution is 0.513. The Kier molecular flexibility index (Phi) is 2.93. The van der Waals surface area contributed by atoms with E-state index in [0.29, 0.717) is 0 Å². The standard InChI is InChI=1S/C12H14N2O/c13-10-3-5-11(6-4-10)14-8-7-12-2-1-9-15-12/h1-6,9,14H,7-8,13H2. The average Bonchev–Trinajstić information content (AvgIpc) is 2.74. The van der Waals surface area contributed by atoms with Crippen LogP contribution in [0.1, 0.15) is 5.76 Å². The van der Waals surface area contributed by atoms with Crippen molar-refractivity contribution in [3.8, 4) is 0 Å². The van der Waals surface area contributed by atoms with Gasteiger partial charge in [0.2, 0.25) is 0 Å². The SMILES string of the molecule is Nc1ccc(NCCc2ccco2)cc1. The molecule has 2 rings (SSSR count). The van der Waals surface area contributed by atoms with E-state index in [1.807, 2.05) is 36.4 Å². The first-order valence-corrected chi connectivity index (χ1v) is 4.96. The summed E-state index contributed by atoms with van der Waals surface area (Å²) in [6, 6.07) is 11.6. The molecule has 3 nitrogen and oxygen atoms in total. The minimum Gasteiger partial charge on any atom is -0.469 e. The highest BCUT2D eigenvalue weighted by molar-refractivity contribution is 5.51.